The molecule has 0 atom stereocenters. The van der Waals surface area contributed by atoms with Gasteiger partial charge >= 0.3 is 0 Å². The molecule has 0 N–H and O–H groups in total. The molecular weight excluding hydrogens is 447 g/mol. The fraction of sp³-hybridized carbons (Fsp3) is 0. The minimum Gasteiger partial charge on any atom is -0.312 e. The molecule has 0 aliphatic heterocycles. The molecular formula is CHBBrCl3U-. The second-order valence-electron chi connectivity index (χ2n) is 0.214. The van der Waals surface area contributed by atoms with Crippen LogP contribution in [0.2, 0.25) is 0 Å². The monoisotopic (exact) mass is 447 g/mol. The molecule has 0 nitrogen and oxygen atoms in total. The molecule has 7 heavy (non-hydrogen) atoms. The van der Waals surface area contributed by atoms with Gasteiger partial charge in [-0.3, -0.25) is 0 Å². The standard InChI is InChI=1S/CCl3.BBrH.U/c2-1(3)4;1-2;/h;1H;/q-1;;/i;1D;. The molecule has 0 spiro atoms. The molecule has 0 saturated carbocycles. The van der Waals surface area contributed by atoms with Crippen molar-refractivity contribution in [1.29, 1.82) is 1.34 Å². The molecule has 0 unspecified atom stereocenters. The van der Waals surface area contributed by atoms with E-state index in [2.05, 4.69) is 15.8 Å². The normalized spacial score (nSPS) is 7.29. The van der Waals surface area contributed by atoms with Crippen molar-refractivity contribution in [1.82, 2.24) is 0 Å². The van der Waals surface area contributed by atoms with Crippen molar-refractivity contribution in [3.05, 3.63) is 4.30 Å². The van der Waals surface area contributed by atoms with Gasteiger partial charge in [-0.05, 0) is 1.34 Å². The third-order valence-electron chi connectivity index (χ3n) is 0. The van der Waals surface area contributed by atoms with Gasteiger partial charge < -0.3 is 34.8 Å². The van der Waals surface area contributed by atoms with Crippen molar-refractivity contribution in [2.24, 2.45) is 0 Å². The van der Waals surface area contributed by atoms with Crippen LogP contribution in [0.15, 0.2) is 0 Å². The Bertz CT molecular complexity index is 30.5. The number of hydrogen-bond acceptors (Lipinski definition) is 0. The molecule has 0 amide bonds. The Morgan fingerprint density at radius 1 is 1.57 bits per heavy atom. The molecule has 6 heteroatoms. The Morgan fingerprint density at radius 2 is 1.57 bits per heavy atom. The van der Waals surface area contributed by atoms with E-state index < -0.39 is 0 Å². The summed E-state index contributed by atoms with van der Waals surface area (Å²) in [6.45, 7) is 1.06. The van der Waals surface area contributed by atoms with E-state index in [1.54, 1.807) is 0 Å². The first-order valence-corrected chi connectivity index (χ1v) is 2.83. The fourth-order valence-electron chi connectivity index (χ4n) is 0. The van der Waals surface area contributed by atoms with Crippen molar-refractivity contribution in [3.63, 3.8) is 0 Å². The summed E-state index contributed by atoms with van der Waals surface area (Å²) in [6, 6.07) is 0. The first-order valence-electron chi connectivity index (χ1n) is 1.36. The van der Waals surface area contributed by atoms with E-state index in [0.29, 0.717) is 0 Å². The van der Waals surface area contributed by atoms with Gasteiger partial charge in [0.2, 0.25) is 0 Å². The summed E-state index contributed by atoms with van der Waals surface area (Å²) in [5, 5.41) is 0. The maximum Gasteiger partial charge on any atom is 0.184 e. The van der Waals surface area contributed by atoms with E-state index in [1.807, 2.05) is 0 Å². The zero-order chi connectivity index (χ0) is 6.28. The average molecular weight is 449 g/mol. The van der Waals surface area contributed by atoms with Crippen LogP contribution >= 0.6 is 50.6 Å². The van der Waals surface area contributed by atoms with E-state index in [1.165, 1.54) is 0 Å². The van der Waals surface area contributed by atoms with Gasteiger partial charge in [0.15, 0.2) is 6.63 Å². The molecule has 0 aromatic heterocycles. The molecule has 0 aliphatic rings. The Kier molecular flexibility index (Phi) is 27.5. The zero-order valence-corrected chi connectivity index (χ0v) is 11.1. The van der Waals surface area contributed by atoms with Crippen LogP contribution in [-0.2, 0) is 0 Å². The average Bonchev–Trinajstić information content (AvgIpc) is 1.33. The van der Waals surface area contributed by atoms with Crippen LogP contribution in [0.25, 0.3) is 0 Å². The summed E-state index contributed by atoms with van der Waals surface area (Å²) in [7, 11) is 0. The summed E-state index contributed by atoms with van der Waals surface area (Å²) in [5.74, 6) is 0. The Labute approximate surface area is 92.8 Å². The van der Waals surface area contributed by atoms with Crippen molar-refractivity contribution in [2.75, 3.05) is 0 Å². The molecule has 0 heterocycles. The smallest absolute Gasteiger partial charge is 0.184 e. The van der Waals surface area contributed by atoms with E-state index in [4.69, 9.17) is 36.1 Å². The van der Waals surface area contributed by atoms with E-state index in [-0.39, 0.29) is 35.4 Å². The van der Waals surface area contributed by atoms with Crippen LogP contribution < -0.4 is 0 Å². The molecule has 0 fully saturated rings. The van der Waals surface area contributed by atoms with Gasteiger partial charge in [0.05, 0.1) is 0 Å². The van der Waals surface area contributed by atoms with Crippen LogP contribution in [0.3, 0.4) is 0 Å². The Balaban J connectivity index is -0.0000000575. The SMILES string of the molecule is Cl[C-](Cl)Cl.[2H][B]Br.[U]. The molecule has 0 aromatic carbocycles. The predicted molar refractivity (Wildman–Crippen MR) is 36.9 cm³/mol. The molecule has 1 radical (unpaired) electrons. The van der Waals surface area contributed by atoms with Crippen LogP contribution in [0, 0.1) is 35.4 Å². The summed E-state index contributed by atoms with van der Waals surface area (Å²) >= 11 is 16.9. The first-order chi connectivity index (χ1) is 3.15. The maximum atomic E-state index is 6.00. The number of hydrogen-bond donors (Lipinski definition) is 0. The minimum absolute atomic E-state index is 0. The van der Waals surface area contributed by atoms with Crippen molar-refractivity contribution < 1.29 is 31.1 Å². The second kappa shape index (κ2) is 15.8. The van der Waals surface area contributed by atoms with E-state index in [9.17, 15) is 0 Å². The maximum absolute atomic E-state index is 6.00. The third-order valence-corrected chi connectivity index (χ3v) is 0. The van der Waals surface area contributed by atoms with Gasteiger partial charge in [-0.25, -0.2) is 0 Å². The van der Waals surface area contributed by atoms with Crippen LogP contribution in [0.5, 0.6) is 0 Å². The first kappa shape index (κ1) is 12.2. The third kappa shape index (κ3) is 58.2. The van der Waals surface area contributed by atoms with Gasteiger partial charge in [0, 0.05) is 31.1 Å². The van der Waals surface area contributed by atoms with Gasteiger partial charge in [0.25, 0.3) is 0 Å². The Hall–Kier alpha value is 2.47. The number of halogens is 4. The summed E-state index contributed by atoms with van der Waals surface area (Å²) < 4.78 is 5.83. The topological polar surface area (TPSA) is 0 Å². The molecule has 0 rings (SSSR count). The van der Waals surface area contributed by atoms with E-state index >= 15 is 0 Å². The van der Waals surface area contributed by atoms with Crippen molar-refractivity contribution >= 4 is 57.2 Å². The minimum atomic E-state index is -0.167. The summed E-state index contributed by atoms with van der Waals surface area (Å²) in [4.78, 5) is 0. The quantitative estimate of drug-likeness (QED) is 0.394. The van der Waals surface area contributed by atoms with Gasteiger partial charge in [-0.1, -0.05) is 4.30 Å². The van der Waals surface area contributed by atoms with Crippen LogP contribution in [0.4, 0.5) is 0 Å². The van der Waals surface area contributed by atoms with Gasteiger partial charge in [-0.15, -0.1) is 0 Å². The zero-order valence-electron chi connectivity index (χ0n) is 4.09. The van der Waals surface area contributed by atoms with E-state index in [0.717, 1.165) is 6.63 Å². The molecule has 0 saturated heterocycles. The molecule has 0 aliphatic carbocycles. The molecule has 0 bridgehead atoms. The summed E-state index contributed by atoms with van der Waals surface area (Å²) in [5.41, 5.74) is 0. The molecule has 41 valence electrons. The van der Waals surface area contributed by atoms with Gasteiger partial charge in [-0.2, -0.15) is 15.8 Å². The Morgan fingerprint density at radius 3 is 1.57 bits per heavy atom. The molecule has 0 aromatic rings. The fourth-order valence-corrected chi connectivity index (χ4v) is 0. The van der Waals surface area contributed by atoms with Crippen molar-refractivity contribution in [2.45, 2.75) is 0 Å². The van der Waals surface area contributed by atoms with Crippen LogP contribution in [-0.4, -0.2) is 7.97 Å². The second-order valence-corrected chi connectivity index (χ2v) is 1.93. The van der Waals surface area contributed by atoms with Crippen molar-refractivity contribution in [3.8, 4) is 0 Å². The van der Waals surface area contributed by atoms with Gasteiger partial charge in [0.1, 0.15) is 0 Å². The summed E-state index contributed by atoms with van der Waals surface area (Å²) in [6.07, 6.45) is 0. The van der Waals surface area contributed by atoms with Crippen LogP contribution in [0.1, 0.15) is 0 Å². The predicted octanol–water partition coefficient (Wildman–Crippen LogP) is 2.35. The largest absolute Gasteiger partial charge is 0.312 e. The number of rotatable bonds is 0.